The number of hydrogen-bond acceptors (Lipinski definition) is 3. The summed E-state index contributed by atoms with van der Waals surface area (Å²) in [6.07, 6.45) is 1.75. The van der Waals surface area contributed by atoms with Gasteiger partial charge in [-0.2, -0.15) is 0 Å². The lowest BCUT2D eigenvalue weighted by Crippen LogP contribution is -2.29. The number of rotatable bonds is 7. The Hall–Kier alpha value is -1.84. The third kappa shape index (κ3) is 5.43. The number of methoxy groups -OCH3 is 1. The fourth-order valence-corrected chi connectivity index (χ4v) is 1.92. The van der Waals surface area contributed by atoms with E-state index in [1.54, 1.807) is 18.9 Å². The molecule has 0 aliphatic heterocycles. The van der Waals surface area contributed by atoms with Crippen molar-refractivity contribution in [1.82, 2.24) is 4.90 Å². The Morgan fingerprint density at radius 2 is 1.90 bits per heavy atom. The summed E-state index contributed by atoms with van der Waals surface area (Å²) >= 11 is 0. The minimum Gasteiger partial charge on any atom is -0.469 e. The molecule has 0 spiro atoms. The third-order valence-corrected chi connectivity index (χ3v) is 3.40. The monoisotopic (exact) mass is 277 g/mol. The second-order valence-corrected chi connectivity index (χ2v) is 5.01. The van der Waals surface area contributed by atoms with Gasteiger partial charge in [0.25, 0.3) is 0 Å². The molecule has 4 heteroatoms. The van der Waals surface area contributed by atoms with Crippen LogP contribution < -0.4 is 0 Å². The third-order valence-electron chi connectivity index (χ3n) is 3.40. The summed E-state index contributed by atoms with van der Waals surface area (Å²) in [7, 11) is 3.17. The first-order chi connectivity index (χ1) is 9.54. The Labute approximate surface area is 120 Å². The Kier molecular flexibility index (Phi) is 6.77. The van der Waals surface area contributed by atoms with Crippen LogP contribution in [0.5, 0.6) is 0 Å². The topological polar surface area (TPSA) is 46.6 Å². The maximum absolute atomic E-state index is 12.0. The molecular formula is C16H23NO3. The average molecular weight is 277 g/mol. The highest BCUT2D eigenvalue weighted by molar-refractivity contribution is 5.77. The molecule has 0 heterocycles. The Balaban J connectivity index is 2.31. The maximum atomic E-state index is 12.0. The van der Waals surface area contributed by atoms with Crippen LogP contribution in [0.15, 0.2) is 30.3 Å². The summed E-state index contributed by atoms with van der Waals surface area (Å²) in [6, 6.07) is 10.1. The van der Waals surface area contributed by atoms with Crippen molar-refractivity contribution in [3.8, 4) is 0 Å². The smallest absolute Gasteiger partial charge is 0.308 e. The number of nitrogens with zero attached hydrogens (tertiary/aromatic N) is 1. The molecule has 0 aliphatic rings. The molecule has 20 heavy (non-hydrogen) atoms. The molecule has 0 N–H and O–H groups in total. The molecule has 1 amide bonds. The number of ether oxygens (including phenoxy) is 1. The average Bonchev–Trinajstić information content (AvgIpc) is 2.49. The van der Waals surface area contributed by atoms with Gasteiger partial charge in [-0.05, 0) is 18.4 Å². The molecule has 0 saturated heterocycles. The number of amides is 1. The predicted molar refractivity (Wildman–Crippen MR) is 78.2 cm³/mol. The number of esters is 1. The zero-order valence-electron chi connectivity index (χ0n) is 12.5. The summed E-state index contributed by atoms with van der Waals surface area (Å²) < 4.78 is 4.65. The van der Waals surface area contributed by atoms with Gasteiger partial charge in [-0.15, -0.1) is 0 Å². The minimum atomic E-state index is -0.260. The molecule has 4 nitrogen and oxygen atoms in total. The quantitative estimate of drug-likeness (QED) is 0.718. The zero-order chi connectivity index (χ0) is 15.0. The lowest BCUT2D eigenvalue weighted by atomic mass is 10.1. The van der Waals surface area contributed by atoms with E-state index in [1.807, 2.05) is 18.2 Å². The van der Waals surface area contributed by atoms with Crippen LogP contribution in [-0.2, 0) is 20.7 Å². The molecule has 0 fully saturated rings. The fourth-order valence-electron chi connectivity index (χ4n) is 1.92. The number of hydrogen-bond donors (Lipinski definition) is 0. The molecular weight excluding hydrogens is 254 g/mol. The van der Waals surface area contributed by atoms with E-state index in [2.05, 4.69) is 16.9 Å². The van der Waals surface area contributed by atoms with Crippen LogP contribution in [0.2, 0.25) is 0 Å². The van der Waals surface area contributed by atoms with Gasteiger partial charge in [0, 0.05) is 20.0 Å². The van der Waals surface area contributed by atoms with Gasteiger partial charge in [0.2, 0.25) is 5.91 Å². The van der Waals surface area contributed by atoms with Gasteiger partial charge >= 0.3 is 5.97 Å². The fraction of sp³-hybridized carbons (Fsp3) is 0.500. The summed E-state index contributed by atoms with van der Waals surface area (Å²) in [4.78, 5) is 24.9. The second kappa shape index (κ2) is 8.35. The van der Waals surface area contributed by atoms with E-state index in [1.165, 1.54) is 12.7 Å². The van der Waals surface area contributed by atoms with Crippen molar-refractivity contribution >= 4 is 11.9 Å². The van der Waals surface area contributed by atoms with Gasteiger partial charge < -0.3 is 9.64 Å². The lowest BCUT2D eigenvalue weighted by molar-refractivity contribution is -0.145. The van der Waals surface area contributed by atoms with Gasteiger partial charge in [-0.3, -0.25) is 9.59 Å². The highest BCUT2D eigenvalue weighted by Crippen LogP contribution is 2.09. The number of carbonyl (C=O) groups is 2. The van der Waals surface area contributed by atoms with E-state index in [0.717, 1.165) is 6.42 Å². The van der Waals surface area contributed by atoms with E-state index >= 15 is 0 Å². The second-order valence-electron chi connectivity index (χ2n) is 5.01. The van der Waals surface area contributed by atoms with Gasteiger partial charge in [-0.25, -0.2) is 0 Å². The Morgan fingerprint density at radius 3 is 2.50 bits per heavy atom. The van der Waals surface area contributed by atoms with E-state index < -0.39 is 0 Å². The van der Waals surface area contributed by atoms with Crippen LogP contribution in [0.4, 0.5) is 0 Å². The molecule has 1 aromatic carbocycles. The van der Waals surface area contributed by atoms with Crippen LogP contribution in [-0.4, -0.2) is 37.5 Å². The largest absolute Gasteiger partial charge is 0.469 e. The molecule has 1 atom stereocenters. The van der Waals surface area contributed by atoms with E-state index in [0.29, 0.717) is 19.4 Å². The van der Waals surface area contributed by atoms with Crippen LogP contribution in [0, 0.1) is 5.92 Å². The predicted octanol–water partition coefficient (Wildman–Crippen LogP) is 2.28. The zero-order valence-corrected chi connectivity index (χ0v) is 12.5. The molecule has 0 saturated carbocycles. The van der Waals surface area contributed by atoms with Crippen molar-refractivity contribution < 1.29 is 14.3 Å². The summed E-state index contributed by atoms with van der Waals surface area (Å²) in [5.74, 6) is -0.423. The van der Waals surface area contributed by atoms with E-state index in [-0.39, 0.29) is 17.8 Å². The highest BCUT2D eigenvalue weighted by Gasteiger charge is 2.16. The molecule has 110 valence electrons. The SMILES string of the molecule is COC(=O)[C@@H](C)CCC(=O)N(C)CCc1ccccc1. The number of carbonyl (C=O) groups excluding carboxylic acids is 2. The van der Waals surface area contributed by atoms with Crippen LogP contribution in [0.3, 0.4) is 0 Å². The molecule has 0 radical (unpaired) electrons. The summed E-state index contributed by atoms with van der Waals surface area (Å²) in [5, 5.41) is 0. The summed E-state index contributed by atoms with van der Waals surface area (Å²) in [5.41, 5.74) is 1.22. The van der Waals surface area contributed by atoms with E-state index in [4.69, 9.17) is 0 Å². The van der Waals surface area contributed by atoms with Crippen LogP contribution >= 0.6 is 0 Å². The van der Waals surface area contributed by atoms with Gasteiger partial charge in [0.1, 0.15) is 0 Å². The molecule has 1 aromatic rings. The first-order valence-corrected chi connectivity index (χ1v) is 6.90. The highest BCUT2D eigenvalue weighted by atomic mass is 16.5. The Bertz CT molecular complexity index is 431. The Morgan fingerprint density at radius 1 is 1.25 bits per heavy atom. The van der Waals surface area contributed by atoms with Crippen molar-refractivity contribution in [2.24, 2.45) is 5.92 Å². The van der Waals surface area contributed by atoms with Gasteiger partial charge in [0.15, 0.2) is 0 Å². The number of likely N-dealkylation sites (N-methyl/N-ethyl adjacent to an activating group) is 1. The van der Waals surface area contributed by atoms with Crippen molar-refractivity contribution in [2.75, 3.05) is 20.7 Å². The molecule has 0 aliphatic carbocycles. The van der Waals surface area contributed by atoms with Crippen molar-refractivity contribution in [2.45, 2.75) is 26.2 Å². The normalized spacial score (nSPS) is 11.8. The molecule has 1 rings (SSSR count). The van der Waals surface area contributed by atoms with E-state index in [9.17, 15) is 9.59 Å². The summed E-state index contributed by atoms with van der Waals surface area (Å²) in [6.45, 7) is 2.47. The van der Waals surface area contributed by atoms with Gasteiger partial charge in [-0.1, -0.05) is 37.3 Å². The lowest BCUT2D eigenvalue weighted by Gasteiger charge is -2.18. The first kappa shape index (κ1) is 16.2. The maximum Gasteiger partial charge on any atom is 0.308 e. The standard InChI is InChI=1S/C16H23NO3/c1-13(16(19)20-3)9-10-15(18)17(2)12-11-14-7-5-4-6-8-14/h4-8,13H,9-12H2,1-3H3/t13-/m0/s1. The van der Waals surface area contributed by atoms with Gasteiger partial charge in [0.05, 0.1) is 13.0 Å². The van der Waals surface area contributed by atoms with Crippen molar-refractivity contribution in [3.63, 3.8) is 0 Å². The number of benzene rings is 1. The molecule has 0 bridgehead atoms. The van der Waals surface area contributed by atoms with Crippen LogP contribution in [0.1, 0.15) is 25.3 Å². The molecule has 0 aromatic heterocycles. The van der Waals surface area contributed by atoms with Crippen molar-refractivity contribution in [1.29, 1.82) is 0 Å². The minimum absolute atomic E-state index is 0.0664. The molecule has 0 unspecified atom stereocenters. The van der Waals surface area contributed by atoms with Crippen LogP contribution in [0.25, 0.3) is 0 Å². The van der Waals surface area contributed by atoms with Crippen molar-refractivity contribution in [3.05, 3.63) is 35.9 Å². The first-order valence-electron chi connectivity index (χ1n) is 6.90.